The van der Waals surface area contributed by atoms with Gasteiger partial charge in [-0.05, 0) is 99.7 Å². The van der Waals surface area contributed by atoms with Gasteiger partial charge in [0.25, 0.3) is 5.91 Å². The Morgan fingerprint density at radius 2 is 1.73 bits per heavy atom. The number of rotatable bonds is 9. The average molecular weight is 782 g/mol. The van der Waals surface area contributed by atoms with E-state index in [0.717, 1.165) is 101 Å². The molecule has 3 aliphatic heterocycles. The summed E-state index contributed by atoms with van der Waals surface area (Å²) in [4.78, 5) is 43.5. The first-order chi connectivity index (χ1) is 27.2. The van der Waals surface area contributed by atoms with Gasteiger partial charge in [-0.15, -0.1) is 10.2 Å². The van der Waals surface area contributed by atoms with Crippen molar-refractivity contribution in [2.75, 3.05) is 49.1 Å². The van der Waals surface area contributed by atoms with Crippen molar-refractivity contribution in [2.24, 2.45) is 5.92 Å². The molecular formula is C41H45ClFN9O4. The number of hydrogen-bond acceptors (Lipinski definition) is 9. The van der Waals surface area contributed by atoms with Crippen LogP contribution in [0.5, 0.6) is 5.75 Å². The molecule has 0 spiro atoms. The van der Waals surface area contributed by atoms with Crippen LogP contribution in [-0.2, 0) is 4.79 Å². The van der Waals surface area contributed by atoms with Gasteiger partial charge in [0.05, 0.1) is 27.9 Å². The van der Waals surface area contributed by atoms with Gasteiger partial charge in [0.15, 0.2) is 11.5 Å². The maximum Gasteiger partial charge on any atom is 0.328 e. The van der Waals surface area contributed by atoms with Crippen LogP contribution in [0.15, 0.2) is 54.7 Å². The molecule has 1 saturated carbocycles. The maximum absolute atomic E-state index is 14.9. The highest BCUT2D eigenvalue weighted by atomic mass is 35.5. The standard InChI is InChI=1S/C41H45ClFN9O4/c42-34-23-32(4-1-27(34)24-44)56-31-5-2-29(3-6-31)45-40(54)35-7-8-38(48-47-35)50-17-9-26(10-18-50)25-49-15-11-30(12-16-49)51-19-13-33-36(51)21-28(43)22-37(33)52-20-14-39(53)46-41(52)55/h1,4,7-8,13,19,21-23,26,29-31H,2-3,5-6,9-12,14-18,20,25H2,(H,45,54)(H,46,53,55). The van der Waals surface area contributed by atoms with E-state index in [9.17, 15) is 18.8 Å². The normalized spacial score (nSPS) is 21.5. The average Bonchev–Trinajstić information content (AvgIpc) is 3.63. The first-order valence-corrected chi connectivity index (χ1v) is 20.0. The number of carbonyl (C=O) groups is 3. The predicted molar refractivity (Wildman–Crippen MR) is 209 cm³/mol. The molecule has 4 aliphatic rings. The van der Waals surface area contributed by atoms with E-state index in [4.69, 9.17) is 21.6 Å². The Kier molecular flexibility index (Phi) is 11.1. The Bertz CT molecular complexity index is 2130. The Morgan fingerprint density at radius 3 is 2.43 bits per heavy atom. The first kappa shape index (κ1) is 37.7. The second-order valence-corrected chi connectivity index (χ2v) is 15.8. The molecule has 2 aromatic carbocycles. The minimum absolute atomic E-state index is 0.0241. The number of urea groups is 1. The fraction of sp³-hybridized carbons (Fsp3) is 0.463. The SMILES string of the molecule is N#Cc1ccc(OC2CCC(NC(=O)c3ccc(N4CCC(CN5CCC(n6ccc7c(N8CCC(=O)NC8=O)cc(F)cc76)CC5)CC4)nn3)CC2)cc1Cl. The topological polar surface area (TPSA) is 149 Å². The number of nitrogens with zero attached hydrogens (tertiary/aromatic N) is 7. The third-order valence-electron chi connectivity index (χ3n) is 11.8. The van der Waals surface area contributed by atoms with Crippen LogP contribution in [0.4, 0.5) is 20.7 Å². The third kappa shape index (κ3) is 8.29. The van der Waals surface area contributed by atoms with E-state index in [0.29, 0.717) is 33.6 Å². The van der Waals surface area contributed by atoms with Crippen LogP contribution in [0.2, 0.25) is 5.02 Å². The van der Waals surface area contributed by atoms with Gasteiger partial charge in [0, 0.05) is 75.4 Å². The highest BCUT2D eigenvalue weighted by molar-refractivity contribution is 6.31. The van der Waals surface area contributed by atoms with E-state index in [-0.39, 0.29) is 43.0 Å². The molecule has 13 nitrogen and oxygen atoms in total. The van der Waals surface area contributed by atoms with Crippen LogP contribution >= 0.6 is 11.6 Å². The number of halogens is 2. The number of aromatic nitrogens is 3. The highest BCUT2D eigenvalue weighted by Gasteiger charge is 2.30. The third-order valence-corrected chi connectivity index (χ3v) is 12.1. The van der Waals surface area contributed by atoms with E-state index >= 15 is 0 Å². The number of amides is 4. The van der Waals surface area contributed by atoms with Crippen molar-refractivity contribution in [3.05, 3.63) is 76.8 Å². The van der Waals surface area contributed by atoms with Crippen LogP contribution in [0, 0.1) is 23.1 Å². The summed E-state index contributed by atoms with van der Waals surface area (Å²) >= 11 is 6.15. The second kappa shape index (κ2) is 16.5. The number of carbonyl (C=O) groups excluding carboxylic acids is 3. The molecule has 15 heteroatoms. The molecule has 3 saturated heterocycles. The van der Waals surface area contributed by atoms with E-state index in [1.54, 1.807) is 30.3 Å². The number of anilines is 2. The predicted octanol–water partition coefficient (Wildman–Crippen LogP) is 6.22. The summed E-state index contributed by atoms with van der Waals surface area (Å²) in [5.74, 6) is 1.07. The van der Waals surface area contributed by atoms with Crippen LogP contribution in [-0.4, -0.2) is 88.9 Å². The van der Waals surface area contributed by atoms with Crippen molar-refractivity contribution in [2.45, 2.75) is 76.0 Å². The smallest absolute Gasteiger partial charge is 0.328 e. The lowest BCUT2D eigenvalue weighted by molar-refractivity contribution is -0.120. The molecule has 2 N–H and O–H groups in total. The molecule has 4 fully saturated rings. The number of nitrogens with one attached hydrogen (secondary N) is 2. The highest BCUT2D eigenvalue weighted by Crippen LogP contribution is 2.35. The summed E-state index contributed by atoms with van der Waals surface area (Å²) in [6.45, 7) is 4.95. The van der Waals surface area contributed by atoms with Crippen molar-refractivity contribution in [1.82, 2.24) is 30.3 Å². The van der Waals surface area contributed by atoms with Crippen molar-refractivity contribution in [3.8, 4) is 11.8 Å². The van der Waals surface area contributed by atoms with Crippen molar-refractivity contribution in [1.29, 1.82) is 5.26 Å². The Balaban J connectivity index is 0.768. The lowest BCUT2D eigenvalue weighted by Crippen LogP contribution is -2.49. The molecule has 292 valence electrons. The van der Waals surface area contributed by atoms with Gasteiger partial charge in [0.2, 0.25) is 5.91 Å². The molecule has 5 heterocycles. The van der Waals surface area contributed by atoms with Gasteiger partial charge in [-0.1, -0.05) is 11.6 Å². The lowest BCUT2D eigenvalue weighted by Gasteiger charge is -2.38. The van der Waals surface area contributed by atoms with E-state index in [2.05, 4.69) is 41.3 Å². The number of nitriles is 1. The van der Waals surface area contributed by atoms with Gasteiger partial charge in [0.1, 0.15) is 17.6 Å². The van der Waals surface area contributed by atoms with Crippen molar-refractivity contribution < 1.29 is 23.5 Å². The maximum atomic E-state index is 14.9. The minimum atomic E-state index is -0.516. The van der Waals surface area contributed by atoms with Gasteiger partial charge >= 0.3 is 6.03 Å². The molecule has 0 unspecified atom stereocenters. The zero-order valence-corrected chi connectivity index (χ0v) is 31.9. The molecule has 0 bridgehead atoms. The zero-order valence-electron chi connectivity index (χ0n) is 31.1. The van der Waals surface area contributed by atoms with Crippen LogP contribution in [0.3, 0.4) is 0 Å². The first-order valence-electron chi connectivity index (χ1n) is 19.6. The number of fused-ring (bicyclic) bond motifs is 1. The van der Waals surface area contributed by atoms with Gasteiger partial charge < -0.3 is 24.4 Å². The van der Waals surface area contributed by atoms with E-state index in [1.165, 1.54) is 11.0 Å². The van der Waals surface area contributed by atoms with Gasteiger partial charge in [-0.2, -0.15) is 5.26 Å². The summed E-state index contributed by atoms with van der Waals surface area (Å²) in [6, 6.07) is 15.4. The number of likely N-dealkylation sites (tertiary alicyclic amines) is 1. The van der Waals surface area contributed by atoms with Crippen LogP contribution in [0.1, 0.15) is 79.9 Å². The minimum Gasteiger partial charge on any atom is -0.490 e. The van der Waals surface area contributed by atoms with E-state index in [1.807, 2.05) is 18.3 Å². The molecule has 56 heavy (non-hydrogen) atoms. The molecule has 8 rings (SSSR count). The summed E-state index contributed by atoms with van der Waals surface area (Å²) in [5.41, 5.74) is 1.99. The Hall–Kier alpha value is -5.26. The van der Waals surface area contributed by atoms with Crippen LogP contribution < -0.4 is 25.2 Å². The summed E-state index contributed by atoms with van der Waals surface area (Å²) in [5, 5.41) is 24.4. The Morgan fingerprint density at radius 1 is 0.946 bits per heavy atom. The zero-order chi connectivity index (χ0) is 38.8. The number of ether oxygens (including phenoxy) is 1. The van der Waals surface area contributed by atoms with Gasteiger partial charge in [-0.3, -0.25) is 19.8 Å². The monoisotopic (exact) mass is 781 g/mol. The summed E-state index contributed by atoms with van der Waals surface area (Å²) in [7, 11) is 0. The van der Waals surface area contributed by atoms with Gasteiger partial charge in [-0.25, -0.2) is 9.18 Å². The molecular weight excluding hydrogens is 737 g/mol. The van der Waals surface area contributed by atoms with Crippen molar-refractivity contribution >= 4 is 51.9 Å². The van der Waals surface area contributed by atoms with E-state index < -0.39 is 11.8 Å². The fourth-order valence-electron chi connectivity index (χ4n) is 8.69. The lowest BCUT2D eigenvalue weighted by atomic mass is 9.92. The molecule has 0 atom stereocenters. The molecule has 0 radical (unpaired) electrons. The Labute approximate surface area is 329 Å². The molecule has 2 aromatic heterocycles. The number of benzene rings is 2. The molecule has 4 aromatic rings. The second-order valence-electron chi connectivity index (χ2n) is 15.4. The largest absolute Gasteiger partial charge is 0.490 e. The van der Waals surface area contributed by atoms with Crippen molar-refractivity contribution in [3.63, 3.8) is 0 Å². The fourth-order valence-corrected chi connectivity index (χ4v) is 8.90. The number of imide groups is 1. The quantitative estimate of drug-likeness (QED) is 0.202. The molecule has 1 aliphatic carbocycles. The molecule has 4 amide bonds. The number of hydrogen-bond donors (Lipinski definition) is 2. The summed E-state index contributed by atoms with van der Waals surface area (Å²) < 4.78 is 23.1. The van der Waals surface area contributed by atoms with Crippen LogP contribution in [0.25, 0.3) is 10.9 Å². The summed E-state index contributed by atoms with van der Waals surface area (Å²) in [6.07, 6.45) is 9.38. The number of piperidine rings is 2.